The fourth-order valence-electron chi connectivity index (χ4n) is 5.22. The molecular formula is C28H26BrF3N4O2. The molecule has 1 atom stereocenters. The van der Waals surface area contributed by atoms with Crippen LogP contribution in [-0.2, 0) is 16.5 Å². The smallest absolute Gasteiger partial charge is 0.381 e. The van der Waals surface area contributed by atoms with Crippen molar-refractivity contribution >= 4 is 32.7 Å². The molecule has 2 aromatic carbocycles. The number of aromatic nitrogens is 3. The lowest BCUT2D eigenvalue weighted by Crippen LogP contribution is -2.45. The maximum Gasteiger partial charge on any atom is 0.416 e. The van der Waals surface area contributed by atoms with E-state index in [4.69, 9.17) is 4.74 Å². The monoisotopic (exact) mass is 586 g/mol. The zero-order valence-corrected chi connectivity index (χ0v) is 22.4. The third kappa shape index (κ3) is 4.82. The zero-order valence-electron chi connectivity index (χ0n) is 20.8. The topological polar surface area (TPSA) is 69.0 Å². The number of nitrogens with one attached hydrogen (secondary N) is 1. The first-order chi connectivity index (χ1) is 18.1. The maximum atomic E-state index is 13.5. The molecule has 0 aliphatic carbocycles. The van der Waals surface area contributed by atoms with Gasteiger partial charge in [-0.2, -0.15) is 13.2 Å². The van der Waals surface area contributed by atoms with Gasteiger partial charge in [0.25, 0.3) is 5.56 Å². The highest BCUT2D eigenvalue weighted by molar-refractivity contribution is 9.09. The van der Waals surface area contributed by atoms with E-state index in [1.807, 2.05) is 30.3 Å². The Labute approximate surface area is 226 Å². The van der Waals surface area contributed by atoms with Crippen molar-refractivity contribution in [1.82, 2.24) is 14.5 Å². The van der Waals surface area contributed by atoms with Crippen LogP contribution >= 0.6 is 15.9 Å². The van der Waals surface area contributed by atoms with Crippen LogP contribution in [0.2, 0.25) is 0 Å². The van der Waals surface area contributed by atoms with Crippen molar-refractivity contribution in [3.8, 4) is 0 Å². The number of ether oxygens (including phenoxy) is 1. The number of hydrogen-bond acceptors (Lipinski definition) is 5. The number of aryl methyl sites for hydroxylation is 1. The number of halogens is 4. The lowest BCUT2D eigenvalue weighted by atomic mass is 9.82. The van der Waals surface area contributed by atoms with Gasteiger partial charge in [-0.05, 0) is 49.4 Å². The van der Waals surface area contributed by atoms with Crippen LogP contribution in [0.15, 0.2) is 65.6 Å². The number of nitrogens with zero attached hydrogens (tertiary/aromatic N) is 3. The summed E-state index contributed by atoms with van der Waals surface area (Å²) in [6, 6.07) is 15.4. The van der Waals surface area contributed by atoms with Crippen LogP contribution in [0.1, 0.15) is 45.9 Å². The van der Waals surface area contributed by atoms with Gasteiger partial charge in [0.1, 0.15) is 16.6 Å². The number of benzene rings is 2. The molecule has 0 saturated carbocycles. The Kier molecular flexibility index (Phi) is 7.04. The van der Waals surface area contributed by atoms with Crippen molar-refractivity contribution in [3.63, 3.8) is 0 Å². The Balaban J connectivity index is 1.63. The molecule has 10 heteroatoms. The second-order valence-corrected chi connectivity index (χ2v) is 10.4. The summed E-state index contributed by atoms with van der Waals surface area (Å²) in [6.07, 6.45) is -1.47. The molecule has 1 N–H and O–H groups in total. The van der Waals surface area contributed by atoms with Gasteiger partial charge >= 0.3 is 6.18 Å². The molecule has 0 bridgehead atoms. The first-order valence-electron chi connectivity index (χ1n) is 12.2. The zero-order chi connectivity index (χ0) is 27.1. The van der Waals surface area contributed by atoms with E-state index in [2.05, 4.69) is 31.2 Å². The van der Waals surface area contributed by atoms with Crippen LogP contribution in [-0.4, -0.2) is 27.7 Å². The molecular weight excluding hydrogens is 561 g/mol. The Morgan fingerprint density at radius 2 is 1.76 bits per heavy atom. The van der Waals surface area contributed by atoms with Gasteiger partial charge < -0.3 is 14.6 Å². The van der Waals surface area contributed by atoms with E-state index in [9.17, 15) is 18.0 Å². The highest BCUT2D eigenvalue weighted by Crippen LogP contribution is 2.39. The molecule has 198 valence electrons. The molecule has 2 aromatic heterocycles. The fourth-order valence-corrected chi connectivity index (χ4v) is 5.94. The van der Waals surface area contributed by atoms with E-state index in [0.29, 0.717) is 54.2 Å². The van der Waals surface area contributed by atoms with E-state index in [1.54, 1.807) is 23.8 Å². The van der Waals surface area contributed by atoms with Crippen molar-refractivity contribution in [1.29, 1.82) is 0 Å². The third-order valence-corrected chi connectivity index (χ3v) is 7.87. The predicted octanol–water partition coefficient (Wildman–Crippen LogP) is 6.49. The molecule has 4 aromatic rings. The quantitative estimate of drug-likeness (QED) is 0.214. The molecule has 6 nitrogen and oxygen atoms in total. The van der Waals surface area contributed by atoms with Crippen LogP contribution in [0.3, 0.4) is 0 Å². The molecule has 1 aliphatic rings. The maximum absolute atomic E-state index is 13.5. The van der Waals surface area contributed by atoms with Gasteiger partial charge in [-0.15, -0.1) is 0 Å². The van der Waals surface area contributed by atoms with Gasteiger partial charge in [0.2, 0.25) is 0 Å². The van der Waals surface area contributed by atoms with E-state index in [0.717, 1.165) is 11.6 Å². The van der Waals surface area contributed by atoms with Crippen molar-refractivity contribution in [2.24, 2.45) is 0 Å². The van der Waals surface area contributed by atoms with Crippen LogP contribution in [0.5, 0.6) is 0 Å². The third-order valence-electron chi connectivity index (χ3n) is 7.15. The fraction of sp³-hybridized carbons (Fsp3) is 0.321. The molecule has 38 heavy (non-hydrogen) atoms. The molecule has 1 aliphatic heterocycles. The predicted molar refractivity (Wildman–Crippen MR) is 144 cm³/mol. The highest BCUT2D eigenvalue weighted by atomic mass is 79.9. The minimum atomic E-state index is -4.46. The average Bonchev–Trinajstić information content (AvgIpc) is 2.88. The summed E-state index contributed by atoms with van der Waals surface area (Å²) in [4.78, 5) is 21.8. The van der Waals surface area contributed by atoms with E-state index in [1.165, 1.54) is 19.1 Å². The molecule has 0 spiro atoms. The summed E-state index contributed by atoms with van der Waals surface area (Å²) in [5.41, 5.74) is 0.509. The van der Waals surface area contributed by atoms with Crippen molar-refractivity contribution in [2.75, 3.05) is 18.5 Å². The molecule has 0 radical (unpaired) electrons. The number of alkyl halides is 4. The molecule has 1 fully saturated rings. The van der Waals surface area contributed by atoms with Gasteiger partial charge in [0, 0.05) is 25.5 Å². The van der Waals surface area contributed by atoms with Gasteiger partial charge in [-0.1, -0.05) is 58.4 Å². The lowest BCUT2D eigenvalue weighted by Gasteiger charge is -2.39. The average molecular weight is 587 g/mol. The first kappa shape index (κ1) is 26.4. The van der Waals surface area contributed by atoms with Gasteiger partial charge in [-0.25, -0.2) is 9.97 Å². The Bertz CT molecular complexity index is 1530. The van der Waals surface area contributed by atoms with Gasteiger partial charge in [0.05, 0.1) is 22.0 Å². The van der Waals surface area contributed by atoms with Crippen molar-refractivity contribution < 1.29 is 17.9 Å². The van der Waals surface area contributed by atoms with Crippen LogP contribution in [0.25, 0.3) is 10.9 Å². The standard InChI is InChI=1S/C28H26BrF3N4O2/c1-17-20(9-6-10-22(17)28(30,31)32)25(29)35-26-21-16-36(24(37)15-23(21)33-18(2)34-26)27(11-13-38-14-12-27)19-7-4-3-5-8-19/h3-10,15-16,25H,11-14H2,1-2H3,(H,33,34,35). The van der Waals surface area contributed by atoms with Crippen molar-refractivity contribution in [2.45, 2.75) is 43.4 Å². The van der Waals surface area contributed by atoms with Crippen LogP contribution < -0.4 is 10.9 Å². The van der Waals surface area contributed by atoms with E-state index in [-0.39, 0.29) is 11.1 Å². The van der Waals surface area contributed by atoms with Crippen molar-refractivity contribution in [3.05, 3.63) is 99.2 Å². The molecule has 0 amide bonds. The summed E-state index contributed by atoms with van der Waals surface area (Å²) in [5.74, 6) is 0.844. The SMILES string of the molecule is Cc1nc(NC(Br)c2cccc(C(F)(F)F)c2C)c2cn(C3(c4ccccc4)CCOCC3)c(=O)cc2n1. The lowest BCUT2D eigenvalue weighted by molar-refractivity contribution is -0.138. The highest BCUT2D eigenvalue weighted by Gasteiger charge is 2.37. The van der Waals surface area contributed by atoms with Gasteiger partial charge in [-0.3, -0.25) is 4.79 Å². The van der Waals surface area contributed by atoms with Crippen LogP contribution in [0, 0.1) is 13.8 Å². The summed E-state index contributed by atoms with van der Waals surface area (Å²) in [5, 5.41) is 3.81. The van der Waals surface area contributed by atoms with E-state index < -0.39 is 22.2 Å². The van der Waals surface area contributed by atoms with Gasteiger partial charge in [0.15, 0.2) is 0 Å². The summed E-state index contributed by atoms with van der Waals surface area (Å²) < 4.78 is 47.9. The van der Waals surface area contributed by atoms with Crippen LogP contribution in [0.4, 0.5) is 19.0 Å². The number of fused-ring (bicyclic) bond motifs is 1. The Morgan fingerprint density at radius 3 is 2.45 bits per heavy atom. The number of anilines is 1. The van der Waals surface area contributed by atoms with E-state index >= 15 is 0 Å². The summed E-state index contributed by atoms with van der Waals surface area (Å²) in [7, 11) is 0. The first-order valence-corrected chi connectivity index (χ1v) is 13.1. The molecule has 1 unspecified atom stereocenters. The summed E-state index contributed by atoms with van der Waals surface area (Å²) in [6.45, 7) is 4.17. The minimum absolute atomic E-state index is 0.117. The second-order valence-electron chi connectivity index (χ2n) is 9.43. The molecule has 1 saturated heterocycles. The molecule has 3 heterocycles. The molecule has 5 rings (SSSR count). The largest absolute Gasteiger partial charge is 0.416 e. The summed E-state index contributed by atoms with van der Waals surface area (Å²) >= 11 is 3.52. The number of hydrogen-bond donors (Lipinski definition) is 1. The Morgan fingerprint density at radius 1 is 1.05 bits per heavy atom. The normalized spacial score (nSPS) is 16.4. The minimum Gasteiger partial charge on any atom is -0.381 e. The number of pyridine rings is 1. The Hall–Kier alpha value is -3.24. The number of rotatable bonds is 5. The second kappa shape index (κ2) is 10.1.